The Morgan fingerprint density at radius 1 is 0.355 bits per heavy atom. The molecule has 14 rings (SSSR count). The standard InChI is InChI=1S/C73H63B2N/c1-70(2,3)56-43-63-69-64(44-56)75(58-39-53(48-29-19-12-20-30-48)36-54(40-58)49-31-21-13-22-32-49)66-65-61(71(4,5)73(8,9)72(65,6)7)45-60-59-41-55(50-33-23-14-24-34-50)42-62(67(59)76(69)68(60)66)74(63)57-37-51(46-25-15-10-16-26-46)35-52(38-57)47-27-17-11-18-28-47/h10-45H,1-9H3. The fraction of sp³-hybridized carbons (Fsp3) is 0.178. The van der Waals surface area contributed by atoms with Crippen molar-refractivity contribution < 1.29 is 0 Å². The van der Waals surface area contributed by atoms with Gasteiger partial charge in [0.2, 0.25) is 13.4 Å². The lowest BCUT2D eigenvalue weighted by atomic mass is 9.30. The van der Waals surface area contributed by atoms with Crippen molar-refractivity contribution >= 4 is 68.0 Å². The minimum atomic E-state index is -0.174. The molecule has 0 saturated heterocycles. The van der Waals surface area contributed by atoms with Crippen LogP contribution in [0.2, 0.25) is 0 Å². The summed E-state index contributed by atoms with van der Waals surface area (Å²) in [5, 5.41) is 2.69. The molecular formula is C73H63B2N. The molecule has 0 amide bonds. The zero-order valence-corrected chi connectivity index (χ0v) is 45.4. The lowest BCUT2D eigenvalue weighted by Crippen LogP contribution is -2.64. The summed E-state index contributed by atoms with van der Waals surface area (Å²) < 4.78 is 2.79. The van der Waals surface area contributed by atoms with Crippen LogP contribution in [0.15, 0.2) is 218 Å². The third-order valence-electron chi connectivity index (χ3n) is 19.2. The van der Waals surface area contributed by atoms with Crippen LogP contribution in [0.1, 0.15) is 79.0 Å². The number of hydrogen-bond acceptors (Lipinski definition) is 0. The molecule has 366 valence electrons. The molecule has 0 N–H and O–H groups in total. The molecular weight excluding hydrogens is 912 g/mol. The number of fused-ring (bicyclic) bond motifs is 3. The van der Waals surface area contributed by atoms with Crippen LogP contribution in [-0.4, -0.2) is 18.0 Å². The van der Waals surface area contributed by atoms with Crippen LogP contribution in [0.5, 0.6) is 0 Å². The van der Waals surface area contributed by atoms with E-state index in [-0.39, 0.29) is 35.1 Å². The van der Waals surface area contributed by atoms with Gasteiger partial charge in [-0.05, 0) is 140 Å². The second-order valence-electron chi connectivity index (χ2n) is 24.9. The Kier molecular flexibility index (Phi) is 10.2. The first kappa shape index (κ1) is 46.6. The van der Waals surface area contributed by atoms with Gasteiger partial charge in [0.25, 0.3) is 0 Å². The molecule has 0 fully saturated rings. The molecule has 11 aromatic rings. The minimum Gasteiger partial charge on any atom is -0.311 e. The van der Waals surface area contributed by atoms with Crippen molar-refractivity contribution in [3.63, 3.8) is 0 Å². The first-order valence-electron chi connectivity index (χ1n) is 27.6. The maximum Gasteiger partial charge on any atom is 0.247 e. The van der Waals surface area contributed by atoms with Crippen molar-refractivity contribution in [3.05, 3.63) is 235 Å². The molecule has 1 nitrogen and oxygen atoms in total. The summed E-state index contributed by atoms with van der Waals surface area (Å²) in [6, 6.07) is 83.4. The van der Waals surface area contributed by atoms with Crippen molar-refractivity contribution in [2.24, 2.45) is 5.41 Å². The maximum absolute atomic E-state index is 2.79. The maximum atomic E-state index is 2.79. The van der Waals surface area contributed by atoms with Crippen LogP contribution in [-0.2, 0) is 16.2 Å². The summed E-state index contributed by atoms with van der Waals surface area (Å²) in [7, 11) is 0. The summed E-state index contributed by atoms with van der Waals surface area (Å²) >= 11 is 0. The Morgan fingerprint density at radius 3 is 1.16 bits per heavy atom. The third kappa shape index (κ3) is 6.73. The molecule has 1 aliphatic carbocycles. The van der Waals surface area contributed by atoms with Crippen molar-refractivity contribution in [1.29, 1.82) is 0 Å². The van der Waals surface area contributed by atoms with Crippen LogP contribution in [0.25, 0.3) is 83.1 Å². The van der Waals surface area contributed by atoms with Crippen molar-refractivity contribution in [2.75, 3.05) is 0 Å². The van der Waals surface area contributed by atoms with Crippen LogP contribution in [0, 0.1) is 5.41 Å². The third-order valence-corrected chi connectivity index (χ3v) is 19.2. The number of aromatic nitrogens is 1. The van der Waals surface area contributed by atoms with Crippen molar-refractivity contribution in [1.82, 2.24) is 4.57 Å². The molecule has 3 heteroatoms. The van der Waals surface area contributed by atoms with Gasteiger partial charge in [0.1, 0.15) is 0 Å². The van der Waals surface area contributed by atoms with Gasteiger partial charge in [-0.2, -0.15) is 0 Å². The average molecular weight is 976 g/mol. The van der Waals surface area contributed by atoms with E-state index in [1.165, 1.54) is 133 Å². The number of rotatable bonds is 7. The fourth-order valence-electron chi connectivity index (χ4n) is 14.1. The predicted molar refractivity (Wildman–Crippen MR) is 329 cm³/mol. The number of benzene rings is 10. The second kappa shape index (κ2) is 16.6. The van der Waals surface area contributed by atoms with Gasteiger partial charge in [-0.1, -0.05) is 267 Å². The highest BCUT2D eigenvalue weighted by atomic mass is 15.0. The van der Waals surface area contributed by atoms with Gasteiger partial charge in [0.15, 0.2) is 0 Å². The van der Waals surface area contributed by atoms with Gasteiger partial charge < -0.3 is 4.57 Å². The van der Waals surface area contributed by atoms with E-state index in [2.05, 4.69) is 285 Å². The molecule has 10 aromatic carbocycles. The molecule has 76 heavy (non-hydrogen) atoms. The normalized spacial score (nSPS) is 15.4. The Balaban J connectivity index is 1.20. The van der Waals surface area contributed by atoms with E-state index in [9.17, 15) is 0 Å². The van der Waals surface area contributed by atoms with E-state index in [1.807, 2.05) is 0 Å². The molecule has 2 aliphatic heterocycles. The zero-order chi connectivity index (χ0) is 52.0. The lowest BCUT2D eigenvalue weighted by Gasteiger charge is -2.45. The van der Waals surface area contributed by atoms with Crippen LogP contribution in [0.4, 0.5) is 0 Å². The highest BCUT2D eigenvalue weighted by molar-refractivity contribution is 7.02. The second-order valence-corrected chi connectivity index (χ2v) is 24.9. The van der Waals surface area contributed by atoms with Gasteiger partial charge in [0.05, 0.1) is 0 Å². The quantitative estimate of drug-likeness (QED) is 0.140. The predicted octanol–water partition coefficient (Wildman–Crippen LogP) is 14.7. The summed E-state index contributed by atoms with van der Waals surface area (Å²) in [6.07, 6.45) is 0. The molecule has 0 unspecified atom stereocenters. The minimum absolute atomic E-state index is 0.0641. The van der Waals surface area contributed by atoms with Gasteiger partial charge >= 0.3 is 0 Å². The first-order chi connectivity index (χ1) is 36.6. The highest BCUT2D eigenvalue weighted by Gasteiger charge is 2.59. The summed E-state index contributed by atoms with van der Waals surface area (Å²) in [4.78, 5) is 0. The SMILES string of the molecule is CC(C)(C)c1cc2c3c(c1)B(c1cc(-c4ccccc4)cc(-c4ccccc4)c1)c1c4c(cc5c6cc(-c7ccccc7)cc(c6n-3c15)B2c1cc(-c2ccccc2)cc(-c2ccccc2)c1)C(C)(C)C(C)(C)C4(C)C. The molecule has 0 radical (unpaired) electrons. The molecule has 0 saturated carbocycles. The van der Waals surface area contributed by atoms with E-state index in [0.717, 1.165) is 0 Å². The summed E-state index contributed by atoms with van der Waals surface area (Å²) in [5.41, 5.74) is 28.5. The fourth-order valence-corrected chi connectivity index (χ4v) is 14.1. The Bertz CT molecular complexity index is 4020. The molecule has 0 atom stereocenters. The monoisotopic (exact) mass is 976 g/mol. The van der Waals surface area contributed by atoms with E-state index in [4.69, 9.17) is 0 Å². The first-order valence-corrected chi connectivity index (χ1v) is 27.6. The molecule has 3 heterocycles. The van der Waals surface area contributed by atoms with Gasteiger partial charge in [-0.25, -0.2) is 0 Å². The number of nitrogens with zero attached hydrogens (tertiary/aromatic N) is 1. The summed E-state index contributed by atoms with van der Waals surface area (Å²) in [6.45, 7) is 22.3. The van der Waals surface area contributed by atoms with Gasteiger partial charge in [-0.15, -0.1) is 0 Å². The van der Waals surface area contributed by atoms with Crippen molar-refractivity contribution in [2.45, 2.75) is 78.6 Å². The van der Waals surface area contributed by atoms with E-state index in [0.29, 0.717) is 0 Å². The van der Waals surface area contributed by atoms with Crippen LogP contribution < -0.4 is 32.8 Å². The van der Waals surface area contributed by atoms with Crippen LogP contribution in [0.3, 0.4) is 0 Å². The van der Waals surface area contributed by atoms with E-state index in [1.54, 1.807) is 0 Å². The van der Waals surface area contributed by atoms with E-state index >= 15 is 0 Å². The lowest BCUT2D eigenvalue weighted by molar-refractivity contribution is 0.125. The smallest absolute Gasteiger partial charge is 0.247 e. The summed E-state index contributed by atoms with van der Waals surface area (Å²) in [5.74, 6) is 0. The Labute approximate surface area is 450 Å². The van der Waals surface area contributed by atoms with Gasteiger partial charge in [0, 0.05) is 27.5 Å². The highest BCUT2D eigenvalue weighted by Crippen LogP contribution is 2.62. The number of hydrogen-bond donors (Lipinski definition) is 0. The molecule has 3 aliphatic rings. The molecule has 1 aromatic heterocycles. The largest absolute Gasteiger partial charge is 0.311 e. The average Bonchev–Trinajstić information content (AvgIpc) is 3.67. The van der Waals surface area contributed by atoms with Crippen molar-refractivity contribution in [3.8, 4) is 61.3 Å². The Morgan fingerprint density at radius 2 is 0.737 bits per heavy atom. The van der Waals surface area contributed by atoms with Gasteiger partial charge in [-0.3, -0.25) is 0 Å². The van der Waals surface area contributed by atoms with Crippen LogP contribution >= 0.6 is 0 Å². The Hall–Kier alpha value is -7.87. The topological polar surface area (TPSA) is 4.93 Å². The molecule has 0 spiro atoms. The van der Waals surface area contributed by atoms with E-state index < -0.39 is 0 Å². The molecule has 0 bridgehead atoms. The zero-order valence-electron chi connectivity index (χ0n) is 45.4.